The van der Waals surface area contributed by atoms with Gasteiger partial charge in [0.05, 0.1) is 4.92 Å². The van der Waals surface area contributed by atoms with Crippen molar-refractivity contribution in [1.29, 1.82) is 0 Å². The minimum absolute atomic E-state index is 0.0117. The Bertz CT molecular complexity index is 463. The molecule has 0 saturated carbocycles. The highest BCUT2D eigenvalue weighted by Gasteiger charge is 2.24. The molecule has 0 radical (unpaired) electrons. The maximum atomic E-state index is 10.9. The van der Waals surface area contributed by atoms with Gasteiger partial charge in [0.25, 0.3) is 5.69 Å². The molecule has 1 N–H and O–H groups in total. The van der Waals surface area contributed by atoms with Crippen LogP contribution in [0, 0.1) is 10.1 Å². The summed E-state index contributed by atoms with van der Waals surface area (Å²) in [6.07, 6.45) is 1.08. The largest absolute Gasteiger partial charge is 0.314 e. The molecule has 104 valence electrons. The molecule has 1 saturated heterocycles. The van der Waals surface area contributed by atoms with Gasteiger partial charge in [-0.3, -0.25) is 15.0 Å². The predicted octanol–water partition coefficient (Wildman–Crippen LogP) is 2.43. The lowest BCUT2D eigenvalue weighted by Crippen LogP contribution is -2.56. The smallest absolute Gasteiger partial charge is 0.288 e. The second-order valence-electron chi connectivity index (χ2n) is 4.83. The first-order valence-corrected chi connectivity index (χ1v) is 6.87. The minimum Gasteiger partial charge on any atom is -0.314 e. The molecule has 1 aromatic rings. The number of nitrogens with one attached hydrogen (secondary N) is 1. The highest BCUT2D eigenvalue weighted by molar-refractivity contribution is 6.32. The van der Waals surface area contributed by atoms with Gasteiger partial charge in [-0.25, -0.2) is 0 Å². The molecule has 5 nitrogen and oxygen atoms in total. The van der Waals surface area contributed by atoms with Gasteiger partial charge in [-0.05, 0) is 24.6 Å². The third kappa shape index (κ3) is 3.43. The standard InChI is InChI=1S/C13H18ClN3O2/c1-2-5-16(11-7-15-8-11)9-10-3-4-12(14)13(6-10)17(18)19/h3-4,6,11,15H,2,5,7-9H2,1H3. The first kappa shape index (κ1) is 14.2. The topological polar surface area (TPSA) is 58.4 Å². The summed E-state index contributed by atoms with van der Waals surface area (Å²) >= 11 is 5.82. The van der Waals surface area contributed by atoms with Crippen LogP contribution in [0.2, 0.25) is 5.02 Å². The molecule has 0 spiro atoms. The number of hydrogen-bond acceptors (Lipinski definition) is 4. The Balaban J connectivity index is 2.12. The van der Waals surface area contributed by atoms with Crippen molar-refractivity contribution in [1.82, 2.24) is 10.2 Å². The van der Waals surface area contributed by atoms with Crippen LogP contribution in [0.5, 0.6) is 0 Å². The molecular formula is C13H18ClN3O2. The third-order valence-electron chi connectivity index (χ3n) is 3.38. The number of halogens is 1. The lowest BCUT2D eigenvalue weighted by Gasteiger charge is -2.38. The van der Waals surface area contributed by atoms with Gasteiger partial charge in [0.15, 0.2) is 0 Å². The van der Waals surface area contributed by atoms with Crippen LogP contribution in [0.1, 0.15) is 18.9 Å². The second-order valence-corrected chi connectivity index (χ2v) is 5.23. The fourth-order valence-corrected chi connectivity index (χ4v) is 2.43. The van der Waals surface area contributed by atoms with E-state index in [4.69, 9.17) is 11.6 Å². The van der Waals surface area contributed by atoms with E-state index in [0.29, 0.717) is 6.04 Å². The Morgan fingerprint density at radius 1 is 1.53 bits per heavy atom. The van der Waals surface area contributed by atoms with Gasteiger partial charge in [-0.15, -0.1) is 0 Å². The van der Waals surface area contributed by atoms with E-state index in [1.165, 1.54) is 0 Å². The SMILES string of the molecule is CCCN(Cc1ccc(Cl)c([N+](=O)[O-])c1)C1CNC1. The fourth-order valence-electron chi connectivity index (χ4n) is 2.24. The third-order valence-corrected chi connectivity index (χ3v) is 3.70. The zero-order valence-corrected chi connectivity index (χ0v) is 11.7. The van der Waals surface area contributed by atoms with E-state index in [1.54, 1.807) is 12.1 Å². The lowest BCUT2D eigenvalue weighted by atomic mass is 10.1. The van der Waals surface area contributed by atoms with Crippen molar-refractivity contribution in [2.75, 3.05) is 19.6 Å². The van der Waals surface area contributed by atoms with Crippen molar-refractivity contribution in [2.24, 2.45) is 0 Å². The van der Waals surface area contributed by atoms with Gasteiger partial charge >= 0.3 is 0 Å². The van der Waals surface area contributed by atoms with E-state index in [2.05, 4.69) is 17.1 Å². The van der Waals surface area contributed by atoms with Crippen molar-refractivity contribution in [2.45, 2.75) is 25.9 Å². The van der Waals surface area contributed by atoms with Crippen molar-refractivity contribution in [3.8, 4) is 0 Å². The Hall–Kier alpha value is -1.17. The van der Waals surface area contributed by atoms with Crippen LogP contribution in [0.3, 0.4) is 0 Å². The maximum absolute atomic E-state index is 10.9. The van der Waals surface area contributed by atoms with Crippen LogP contribution in [-0.2, 0) is 6.54 Å². The van der Waals surface area contributed by atoms with Crippen molar-refractivity contribution in [3.63, 3.8) is 0 Å². The molecule has 0 aromatic heterocycles. The molecule has 0 atom stereocenters. The number of nitrogens with zero attached hydrogens (tertiary/aromatic N) is 2. The fraction of sp³-hybridized carbons (Fsp3) is 0.538. The predicted molar refractivity (Wildman–Crippen MR) is 75.5 cm³/mol. The zero-order valence-electron chi connectivity index (χ0n) is 10.9. The molecule has 1 fully saturated rings. The van der Waals surface area contributed by atoms with Gasteiger partial charge in [-0.2, -0.15) is 0 Å². The summed E-state index contributed by atoms with van der Waals surface area (Å²) in [5.74, 6) is 0. The summed E-state index contributed by atoms with van der Waals surface area (Å²) in [6.45, 7) is 5.87. The lowest BCUT2D eigenvalue weighted by molar-refractivity contribution is -0.384. The molecule has 6 heteroatoms. The summed E-state index contributed by atoms with van der Waals surface area (Å²) in [5, 5.41) is 14.3. The molecule has 0 amide bonds. The molecule has 1 aliphatic heterocycles. The number of rotatable bonds is 6. The van der Waals surface area contributed by atoms with Crippen LogP contribution in [0.25, 0.3) is 0 Å². The van der Waals surface area contributed by atoms with E-state index in [1.807, 2.05) is 6.07 Å². The van der Waals surface area contributed by atoms with Crippen molar-refractivity contribution in [3.05, 3.63) is 38.9 Å². The van der Waals surface area contributed by atoms with Crippen LogP contribution < -0.4 is 5.32 Å². The Labute approximate surface area is 117 Å². The number of nitro groups is 1. The molecule has 1 aliphatic rings. The monoisotopic (exact) mass is 283 g/mol. The molecular weight excluding hydrogens is 266 g/mol. The Morgan fingerprint density at radius 2 is 2.26 bits per heavy atom. The van der Waals surface area contributed by atoms with Crippen LogP contribution in [-0.4, -0.2) is 35.5 Å². The van der Waals surface area contributed by atoms with Crippen molar-refractivity contribution < 1.29 is 4.92 Å². The normalized spacial score (nSPS) is 15.5. The number of hydrogen-bond donors (Lipinski definition) is 1. The average molecular weight is 284 g/mol. The maximum Gasteiger partial charge on any atom is 0.288 e. The zero-order chi connectivity index (χ0) is 13.8. The molecule has 1 heterocycles. The van der Waals surface area contributed by atoms with Crippen LogP contribution >= 0.6 is 11.6 Å². The summed E-state index contributed by atoms with van der Waals surface area (Å²) in [7, 11) is 0. The van der Waals surface area contributed by atoms with E-state index >= 15 is 0 Å². The minimum atomic E-state index is -0.430. The first-order chi connectivity index (χ1) is 9.11. The summed E-state index contributed by atoms with van der Waals surface area (Å²) in [4.78, 5) is 12.8. The highest BCUT2D eigenvalue weighted by Crippen LogP contribution is 2.26. The van der Waals surface area contributed by atoms with Gasteiger partial charge in [0.2, 0.25) is 0 Å². The Kier molecular flexibility index (Phi) is 4.74. The summed E-state index contributed by atoms with van der Waals surface area (Å²) < 4.78 is 0. The molecule has 0 bridgehead atoms. The second kappa shape index (κ2) is 6.32. The quantitative estimate of drug-likeness (QED) is 0.643. The van der Waals surface area contributed by atoms with E-state index in [-0.39, 0.29) is 10.7 Å². The van der Waals surface area contributed by atoms with Crippen LogP contribution in [0.15, 0.2) is 18.2 Å². The van der Waals surface area contributed by atoms with Gasteiger partial charge < -0.3 is 5.32 Å². The molecule has 0 unspecified atom stereocenters. The van der Waals surface area contributed by atoms with Gasteiger partial charge in [0.1, 0.15) is 5.02 Å². The number of benzene rings is 1. The molecule has 1 aromatic carbocycles. The van der Waals surface area contributed by atoms with Gasteiger partial charge in [0, 0.05) is 31.7 Å². The molecule has 2 rings (SSSR count). The van der Waals surface area contributed by atoms with E-state index in [0.717, 1.165) is 38.2 Å². The first-order valence-electron chi connectivity index (χ1n) is 6.49. The summed E-state index contributed by atoms with van der Waals surface area (Å²) in [5.41, 5.74) is 0.929. The van der Waals surface area contributed by atoms with Crippen molar-refractivity contribution >= 4 is 17.3 Å². The highest BCUT2D eigenvalue weighted by atomic mass is 35.5. The number of nitro benzene ring substituents is 1. The summed E-state index contributed by atoms with van der Waals surface area (Å²) in [6, 6.07) is 5.59. The van der Waals surface area contributed by atoms with Crippen LogP contribution in [0.4, 0.5) is 5.69 Å². The van der Waals surface area contributed by atoms with Gasteiger partial charge in [-0.1, -0.05) is 24.6 Å². The van der Waals surface area contributed by atoms with E-state index < -0.39 is 4.92 Å². The Morgan fingerprint density at radius 3 is 2.79 bits per heavy atom. The van der Waals surface area contributed by atoms with E-state index in [9.17, 15) is 10.1 Å². The molecule has 19 heavy (non-hydrogen) atoms. The molecule has 0 aliphatic carbocycles. The average Bonchev–Trinajstić information content (AvgIpc) is 2.29.